The number of rotatable bonds is 8. The first-order valence-corrected chi connectivity index (χ1v) is 13.4. The summed E-state index contributed by atoms with van der Waals surface area (Å²) in [5.41, 5.74) is 2.44. The van der Waals surface area contributed by atoms with Crippen LogP contribution in [0.25, 0.3) is 0 Å². The highest BCUT2D eigenvalue weighted by atomic mass is 31.2. The Morgan fingerprint density at radius 1 is 1.03 bits per heavy atom. The molecular formula is C26H45N2O3P. The maximum Gasteiger partial charge on any atom is 0.259 e. The smallest absolute Gasteiger partial charge is 0.259 e. The summed E-state index contributed by atoms with van der Waals surface area (Å²) >= 11 is 0. The summed E-state index contributed by atoms with van der Waals surface area (Å²) in [6, 6.07) is 8.91. The zero-order chi connectivity index (χ0) is 23.6. The summed E-state index contributed by atoms with van der Waals surface area (Å²) in [5.74, 6) is 0. The molecule has 0 unspecified atom stereocenters. The number of unbranched alkanes of at least 4 members (excludes halogenated alkanes) is 1. The van der Waals surface area contributed by atoms with Crippen LogP contribution in [-0.4, -0.2) is 46.6 Å². The molecule has 5 nitrogen and oxygen atoms in total. The van der Waals surface area contributed by atoms with Crippen LogP contribution in [0, 0.1) is 12.3 Å². The van der Waals surface area contributed by atoms with Gasteiger partial charge in [-0.1, -0.05) is 51.5 Å². The van der Waals surface area contributed by atoms with Crippen molar-refractivity contribution in [3.05, 3.63) is 35.4 Å². The summed E-state index contributed by atoms with van der Waals surface area (Å²) in [6.45, 7) is 21.3. The van der Waals surface area contributed by atoms with Crippen LogP contribution in [0.5, 0.6) is 0 Å². The van der Waals surface area contributed by atoms with Gasteiger partial charge in [0.05, 0.1) is 19.8 Å². The van der Waals surface area contributed by atoms with Crippen LogP contribution in [0.15, 0.2) is 24.3 Å². The minimum absolute atomic E-state index is 0.0933. The lowest BCUT2D eigenvalue weighted by Crippen LogP contribution is -2.63. The zero-order valence-electron chi connectivity index (χ0n) is 21.6. The molecule has 2 fully saturated rings. The zero-order valence-corrected chi connectivity index (χ0v) is 22.5. The molecule has 32 heavy (non-hydrogen) atoms. The van der Waals surface area contributed by atoms with E-state index in [9.17, 15) is 0 Å². The topological polar surface area (TPSA) is 34.2 Å². The molecule has 1 aromatic carbocycles. The van der Waals surface area contributed by atoms with Crippen molar-refractivity contribution in [3.8, 4) is 0 Å². The third-order valence-corrected chi connectivity index (χ3v) is 8.33. The molecular weight excluding hydrogens is 419 g/mol. The van der Waals surface area contributed by atoms with Crippen LogP contribution in [0.2, 0.25) is 0 Å². The largest absolute Gasteiger partial charge is 0.321 e. The minimum atomic E-state index is -1.000. The van der Waals surface area contributed by atoms with Crippen molar-refractivity contribution in [2.75, 3.05) is 19.8 Å². The van der Waals surface area contributed by atoms with E-state index in [0.717, 1.165) is 32.6 Å². The van der Waals surface area contributed by atoms with Gasteiger partial charge in [0.15, 0.2) is 0 Å². The third-order valence-electron chi connectivity index (χ3n) is 6.68. The Balaban J connectivity index is 1.74. The first kappa shape index (κ1) is 26.1. The standard InChI is InChI=1S/C26H45N2O3P/c1-9-10-15-27(32-30-19-24(3,4)20-31-32)23-16-25(5,6)28(26(7,8)17-23)29-18-22-14-12-11-13-21(22)2/h11-14,23H,9-10,15-20H2,1-8H3. The number of nitrogens with zero attached hydrogens (tertiary/aromatic N) is 2. The first-order chi connectivity index (χ1) is 15.0. The molecule has 0 saturated carbocycles. The molecule has 0 N–H and O–H groups in total. The molecule has 0 aromatic heterocycles. The van der Waals surface area contributed by atoms with Gasteiger partial charge in [-0.25, -0.2) is 4.67 Å². The van der Waals surface area contributed by atoms with Crippen LogP contribution in [0.1, 0.15) is 85.3 Å². The molecule has 2 saturated heterocycles. The molecule has 0 aliphatic carbocycles. The predicted molar refractivity (Wildman–Crippen MR) is 133 cm³/mol. The third kappa shape index (κ3) is 6.31. The van der Waals surface area contributed by atoms with Gasteiger partial charge in [0.1, 0.15) is 0 Å². The second-order valence-corrected chi connectivity index (χ2v) is 13.2. The number of piperidine rings is 1. The number of hydrogen-bond acceptors (Lipinski definition) is 5. The van der Waals surface area contributed by atoms with E-state index in [1.807, 2.05) is 0 Å². The van der Waals surface area contributed by atoms with Crippen molar-refractivity contribution >= 4 is 8.53 Å². The van der Waals surface area contributed by atoms with Crippen LogP contribution >= 0.6 is 8.53 Å². The Bertz CT molecular complexity index is 724. The van der Waals surface area contributed by atoms with Gasteiger partial charge < -0.3 is 9.05 Å². The van der Waals surface area contributed by atoms with Crippen LogP contribution in [0.3, 0.4) is 0 Å². The van der Waals surface area contributed by atoms with Gasteiger partial charge in [0.2, 0.25) is 0 Å². The van der Waals surface area contributed by atoms with E-state index < -0.39 is 8.53 Å². The van der Waals surface area contributed by atoms with Crippen molar-refractivity contribution < 1.29 is 13.9 Å². The van der Waals surface area contributed by atoms with E-state index in [4.69, 9.17) is 13.9 Å². The summed E-state index contributed by atoms with van der Waals surface area (Å²) < 4.78 is 15.2. The second-order valence-electron chi connectivity index (χ2n) is 11.6. The lowest BCUT2D eigenvalue weighted by atomic mass is 9.79. The Morgan fingerprint density at radius 2 is 1.62 bits per heavy atom. The van der Waals surface area contributed by atoms with E-state index in [2.05, 4.69) is 89.4 Å². The average molecular weight is 465 g/mol. The molecule has 182 valence electrons. The molecule has 0 atom stereocenters. The normalized spacial score (nSPS) is 24.2. The van der Waals surface area contributed by atoms with E-state index in [1.54, 1.807) is 0 Å². The Labute approximate surface area is 197 Å². The summed E-state index contributed by atoms with van der Waals surface area (Å²) in [5, 5.41) is 2.26. The van der Waals surface area contributed by atoms with Crippen molar-refractivity contribution in [1.29, 1.82) is 0 Å². The van der Waals surface area contributed by atoms with Crippen molar-refractivity contribution in [1.82, 2.24) is 9.73 Å². The first-order valence-electron chi connectivity index (χ1n) is 12.3. The maximum absolute atomic E-state index is 6.52. The molecule has 2 aliphatic heterocycles. The highest BCUT2D eigenvalue weighted by molar-refractivity contribution is 7.44. The predicted octanol–water partition coefficient (Wildman–Crippen LogP) is 6.85. The fourth-order valence-corrected chi connectivity index (χ4v) is 7.11. The van der Waals surface area contributed by atoms with Gasteiger partial charge in [-0.05, 0) is 65.0 Å². The lowest BCUT2D eigenvalue weighted by Gasteiger charge is -2.56. The van der Waals surface area contributed by atoms with E-state index in [0.29, 0.717) is 12.6 Å². The van der Waals surface area contributed by atoms with Gasteiger partial charge in [0, 0.05) is 29.1 Å². The van der Waals surface area contributed by atoms with Crippen molar-refractivity contribution in [3.63, 3.8) is 0 Å². The van der Waals surface area contributed by atoms with E-state index in [-0.39, 0.29) is 16.5 Å². The quantitative estimate of drug-likeness (QED) is 0.393. The number of hydroxylamine groups is 2. The molecule has 1 aromatic rings. The number of aryl methyl sites for hydroxylation is 1. The summed E-state index contributed by atoms with van der Waals surface area (Å²) in [4.78, 5) is 6.52. The fourth-order valence-electron chi connectivity index (χ4n) is 5.08. The van der Waals surface area contributed by atoms with Gasteiger partial charge in [-0.15, -0.1) is 0 Å². The highest BCUT2D eigenvalue weighted by Crippen LogP contribution is 2.53. The molecule has 0 spiro atoms. The SMILES string of the molecule is CCCCN(C1CC(C)(C)N(OCc2ccccc2C)C(C)(C)C1)P1OCC(C)(C)CO1. The van der Waals surface area contributed by atoms with E-state index in [1.165, 1.54) is 24.0 Å². The molecule has 3 rings (SSSR count). The molecule has 0 bridgehead atoms. The van der Waals surface area contributed by atoms with Crippen molar-refractivity contribution in [2.24, 2.45) is 5.41 Å². The van der Waals surface area contributed by atoms with E-state index >= 15 is 0 Å². The van der Waals surface area contributed by atoms with Crippen LogP contribution < -0.4 is 0 Å². The summed E-state index contributed by atoms with van der Waals surface area (Å²) in [7, 11) is -1.000. The lowest BCUT2D eigenvalue weighted by molar-refractivity contribution is -0.293. The number of hydrogen-bond donors (Lipinski definition) is 0. The minimum Gasteiger partial charge on any atom is -0.321 e. The molecule has 6 heteroatoms. The Morgan fingerprint density at radius 3 is 2.19 bits per heavy atom. The summed E-state index contributed by atoms with van der Waals surface area (Å²) in [6.07, 6.45) is 4.40. The highest BCUT2D eigenvalue weighted by Gasteiger charge is 2.50. The van der Waals surface area contributed by atoms with Gasteiger partial charge in [-0.3, -0.25) is 4.84 Å². The Kier molecular flexibility index (Phi) is 8.45. The van der Waals surface area contributed by atoms with Crippen molar-refractivity contribution in [2.45, 2.75) is 105 Å². The van der Waals surface area contributed by atoms with Gasteiger partial charge >= 0.3 is 0 Å². The molecule has 0 amide bonds. The fraction of sp³-hybridized carbons (Fsp3) is 0.769. The monoisotopic (exact) mass is 464 g/mol. The molecule has 0 radical (unpaired) electrons. The Hall–Kier alpha value is -0.550. The van der Waals surface area contributed by atoms with Crippen LogP contribution in [0.4, 0.5) is 0 Å². The molecule has 2 heterocycles. The van der Waals surface area contributed by atoms with Gasteiger partial charge in [0.25, 0.3) is 8.53 Å². The van der Waals surface area contributed by atoms with Gasteiger partial charge in [-0.2, -0.15) is 5.06 Å². The molecule has 2 aliphatic rings. The second kappa shape index (κ2) is 10.4. The average Bonchev–Trinajstić information content (AvgIpc) is 2.69. The number of benzene rings is 1. The van der Waals surface area contributed by atoms with Crippen LogP contribution in [-0.2, 0) is 20.5 Å². The maximum atomic E-state index is 6.52.